The Hall–Kier alpha value is -1.44. The van der Waals surface area contributed by atoms with Crippen molar-refractivity contribution in [2.24, 2.45) is 17.3 Å². The third-order valence-corrected chi connectivity index (χ3v) is 5.91. The molecule has 2 unspecified atom stereocenters. The maximum absolute atomic E-state index is 11.9. The van der Waals surface area contributed by atoms with Crippen molar-refractivity contribution >= 4 is 12.1 Å². The first-order valence-electron chi connectivity index (χ1n) is 8.77. The van der Waals surface area contributed by atoms with Crippen molar-refractivity contribution in [3.05, 3.63) is 34.9 Å². The molecule has 0 radical (unpaired) electrons. The summed E-state index contributed by atoms with van der Waals surface area (Å²) in [5, 5.41) is 0. The third-order valence-electron chi connectivity index (χ3n) is 5.91. The number of carbonyl (C=O) groups is 2. The van der Waals surface area contributed by atoms with Gasteiger partial charge in [-0.25, -0.2) is 0 Å². The number of allylic oxidation sites excluding steroid dienone is 6. The summed E-state index contributed by atoms with van der Waals surface area (Å²) in [4.78, 5) is 23.6. The molecule has 118 valence electrons. The third kappa shape index (κ3) is 2.33. The summed E-state index contributed by atoms with van der Waals surface area (Å²) in [5.74, 6) is 1.18. The lowest BCUT2D eigenvalue weighted by Gasteiger charge is -2.46. The van der Waals surface area contributed by atoms with E-state index in [-0.39, 0.29) is 11.2 Å². The first-order valence-corrected chi connectivity index (χ1v) is 8.77. The number of rotatable bonds is 4. The van der Waals surface area contributed by atoms with Crippen LogP contribution in [0.5, 0.6) is 0 Å². The van der Waals surface area contributed by atoms with Crippen LogP contribution in [-0.4, -0.2) is 12.1 Å². The zero-order chi connectivity index (χ0) is 15.7. The smallest absolute Gasteiger partial charge is 0.156 e. The Morgan fingerprint density at radius 3 is 2.77 bits per heavy atom. The summed E-state index contributed by atoms with van der Waals surface area (Å²) in [6.07, 6.45) is 14.1. The van der Waals surface area contributed by atoms with Crippen LogP contribution in [0.25, 0.3) is 0 Å². The van der Waals surface area contributed by atoms with Gasteiger partial charge in [-0.15, -0.1) is 0 Å². The molecule has 0 amide bonds. The highest BCUT2D eigenvalue weighted by Gasteiger charge is 2.45. The second-order valence-corrected chi connectivity index (χ2v) is 7.04. The van der Waals surface area contributed by atoms with Gasteiger partial charge in [-0.05, 0) is 60.3 Å². The normalized spacial score (nSPS) is 34.1. The Balaban J connectivity index is 2.08. The second kappa shape index (κ2) is 5.98. The van der Waals surface area contributed by atoms with E-state index in [4.69, 9.17) is 0 Å². The molecule has 0 bridgehead atoms. The zero-order valence-corrected chi connectivity index (χ0v) is 13.7. The van der Waals surface area contributed by atoms with Gasteiger partial charge in [0.25, 0.3) is 0 Å². The highest BCUT2D eigenvalue weighted by Crippen LogP contribution is 2.52. The zero-order valence-electron chi connectivity index (χ0n) is 13.7. The molecule has 0 fully saturated rings. The van der Waals surface area contributed by atoms with Crippen molar-refractivity contribution in [2.45, 2.75) is 58.8 Å². The number of ketones is 1. The maximum Gasteiger partial charge on any atom is 0.156 e. The minimum atomic E-state index is -0.274. The van der Waals surface area contributed by atoms with Crippen LogP contribution in [0.4, 0.5) is 0 Å². The Morgan fingerprint density at radius 1 is 1.27 bits per heavy atom. The van der Waals surface area contributed by atoms with Gasteiger partial charge in [-0.3, -0.25) is 4.79 Å². The van der Waals surface area contributed by atoms with E-state index in [1.165, 1.54) is 23.0 Å². The molecule has 2 heteroatoms. The first-order chi connectivity index (χ1) is 10.6. The van der Waals surface area contributed by atoms with E-state index in [1.807, 2.05) is 6.08 Å². The van der Waals surface area contributed by atoms with Crippen molar-refractivity contribution in [2.75, 3.05) is 0 Å². The van der Waals surface area contributed by atoms with E-state index in [0.717, 1.165) is 38.5 Å². The van der Waals surface area contributed by atoms with Crippen LogP contribution in [0.15, 0.2) is 34.9 Å². The molecule has 0 saturated heterocycles. The van der Waals surface area contributed by atoms with Crippen LogP contribution in [0, 0.1) is 17.3 Å². The molecule has 3 aliphatic carbocycles. The minimum absolute atomic E-state index is 0.274. The fraction of sp³-hybridized carbons (Fsp3) is 0.600. The summed E-state index contributed by atoms with van der Waals surface area (Å²) in [5.41, 5.74) is 3.81. The molecule has 3 rings (SSSR count). The van der Waals surface area contributed by atoms with Gasteiger partial charge in [-0.1, -0.05) is 38.8 Å². The predicted octanol–water partition coefficient (Wildman–Crippen LogP) is 4.56. The molecule has 0 spiro atoms. The molecule has 0 N–H and O–H groups in total. The second-order valence-electron chi connectivity index (χ2n) is 7.04. The highest BCUT2D eigenvalue weighted by molar-refractivity contribution is 5.93. The van der Waals surface area contributed by atoms with E-state index in [9.17, 15) is 9.59 Å². The Bertz CT molecular complexity index is 579. The lowest BCUT2D eigenvalue weighted by Crippen LogP contribution is -2.40. The number of carbonyl (C=O) groups excluding carboxylic acids is 2. The van der Waals surface area contributed by atoms with Gasteiger partial charge in [0.1, 0.15) is 6.29 Å². The molecule has 0 aromatic carbocycles. The molecule has 0 aliphatic heterocycles. The molecule has 0 heterocycles. The van der Waals surface area contributed by atoms with E-state index < -0.39 is 0 Å². The van der Waals surface area contributed by atoms with Crippen LogP contribution in [0.1, 0.15) is 58.8 Å². The molecule has 3 aliphatic rings. The largest absolute Gasteiger partial charge is 0.302 e. The summed E-state index contributed by atoms with van der Waals surface area (Å²) in [6, 6.07) is 0. The van der Waals surface area contributed by atoms with Gasteiger partial charge in [-0.2, -0.15) is 0 Å². The van der Waals surface area contributed by atoms with Crippen LogP contribution in [0.3, 0.4) is 0 Å². The quantitative estimate of drug-likeness (QED) is 0.713. The van der Waals surface area contributed by atoms with Gasteiger partial charge in [0, 0.05) is 11.8 Å². The van der Waals surface area contributed by atoms with Crippen molar-refractivity contribution < 1.29 is 9.59 Å². The maximum atomic E-state index is 11.9. The monoisotopic (exact) mass is 298 g/mol. The van der Waals surface area contributed by atoms with Crippen molar-refractivity contribution in [3.63, 3.8) is 0 Å². The Labute approximate surface area is 133 Å². The molecule has 0 saturated carbocycles. The van der Waals surface area contributed by atoms with Crippen molar-refractivity contribution in [3.8, 4) is 0 Å². The SMILES string of the molecule is CCCC1(C=O)C=CC2=C3CCC(=O)C=C3CC[C@H]2C1CC. The average molecular weight is 298 g/mol. The van der Waals surface area contributed by atoms with Gasteiger partial charge in [0.2, 0.25) is 0 Å². The van der Waals surface area contributed by atoms with E-state index >= 15 is 0 Å². The first kappa shape index (κ1) is 15.5. The van der Waals surface area contributed by atoms with Gasteiger partial charge in [0.15, 0.2) is 5.78 Å². The van der Waals surface area contributed by atoms with Gasteiger partial charge < -0.3 is 4.79 Å². The highest BCUT2D eigenvalue weighted by atomic mass is 16.1. The molecule has 0 aromatic rings. The summed E-state index contributed by atoms with van der Waals surface area (Å²) in [7, 11) is 0. The van der Waals surface area contributed by atoms with Crippen LogP contribution >= 0.6 is 0 Å². The molecule has 2 nitrogen and oxygen atoms in total. The topological polar surface area (TPSA) is 34.1 Å². The van der Waals surface area contributed by atoms with Crippen molar-refractivity contribution in [1.29, 1.82) is 0 Å². The van der Waals surface area contributed by atoms with Crippen molar-refractivity contribution in [1.82, 2.24) is 0 Å². The Morgan fingerprint density at radius 2 is 2.09 bits per heavy atom. The molecular formula is C20H26O2. The fourth-order valence-corrected chi connectivity index (χ4v) is 4.94. The molecule has 22 heavy (non-hydrogen) atoms. The summed E-state index contributed by atoms with van der Waals surface area (Å²) in [6.45, 7) is 4.38. The Kier molecular flexibility index (Phi) is 4.20. The standard InChI is InChI=1S/C20H26O2/c1-3-10-20(13-21)11-9-17-16-8-6-15(22)12-14(16)5-7-18(17)19(20)4-2/h9,11-13,18-19H,3-8,10H2,1-2H3/t18-,19?,20?/m1/s1. The predicted molar refractivity (Wildman–Crippen MR) is 88.4 cm³/mol. The average Bonchev–Trinajstić information content (AvgIpc) is 2.54. The van der Waals surface area contributed by atoms with Crippen LogP contribution < -0.4 is 0 Å². The molecule has 0 aromatic heterocycles. The van der Waals surface area contributed by atoms with Gasteiger partial charge >= 0.3 is 0 Å². The lowest BCUT2D eigenvalue weighted by molar-refractivity contribution is -0.118. The van der Waals surface area contributed by atoms with Crippen LogP contribution in [0.2, 0.25) is 0 Å². The van der Waals surface area contributed by atoms with Crippen LogP contribution in [-0.2, 0) is 9.59 Å². The van der Waals surface area contributed by atoms with E-state index in [0.29, 0.717) is 18.3 Å². The summed E-state index contributed by atoms with van der Waals surface area (Å²) >= 11 is 0. The number of hydrogen-bond acceptors (Lipinski definition) is 2. The van der Waals surface area contributed by atoms with Gasteiger partial charge in [0.05, 0.1) is 0 Å². The lowest BCUT2D eigenvalue weighted by atomic mass is 9.57. The number of fused-ring (bicyclic) bond motifs is 2. The molecular weight excluding hydrogens is 272 g/mol. The van der Waals surface area contributed by atoms with E-state index in [2.05, 4.69) is 26.0 Å². The minimum Gasteiger partial charge on any atom is -0.302 e. The van der Waals surface area contributed by atoms with E-state index in [1.54, 1.807) is 0 Å². The fourth-order valence-electron chi connectivity index (χ4n) is 4.94. The summed E-state index contributed by atoms with van der Waals surface area (Å²) < 4.78 is 0. The number of hydrogen-bond donors (Lipinski definition) is 0. The number of aldehydes is 1. The molecule has 3 atom stereocenters.